The monoisotopic (exact) mass is 251 g/mol. The van der Waals surface area contributed by atoms with Crippen LogP contribution in [-0.2, 0) is 6.18 Å². The quantitative estimate of drug-likeness (QED) is 0.808. The van der Waals surface area contributed by atoms with Gasteiger partial charge in [-0.15, -0.1) is 0 Å². The zero-order valence-corrected chi connectivity index (χ0v) is 8.97. The molecule has 0 bridgehead atoms. The molecule has 1 aromatic carbocycles. The van der Waals surface area contributed by atoms with Gasteiger partial charge in [-0.05, 0) is 18.9 Å². The number of hydrogen-bond acceptors (Lipinski definition) is 2. The number of hydrogen-bond donors (Lipinski definition) is 2. The van der Waals surface area contributed by atoms with E-state index in [1.807, 2.05) is 0 Å². The summed E-state index contributed by atoms with van der Waals surface area (Å²) in [7, 11) is 0. The number of nitrogens with two attached hydrogens (primary N) is 1. The molecule has 6 heteroatoms. The summed E-state index contributed by atoms with van der Waals surface area (Å²) in [4.78, 5) is 0. The number of benzene rings is 1. The predicted molar refractivity (Wildman–Crippen MR) is 54.7 cm³/mol. The third-order valence-corrected chi connectivity index (χ3v) is 2.41. The Labute approximate surface area is 96.1 Å². The molecule has 1 atom stereocenters. The third-order valence-electron chi connectivity index (χ3n) is 2.41. The normalized spacial score (nSPS) is 13.8. The molecule has 0 aliphatic rings. The van der Waals surface area contributed by atoms with Gasteiger partial charge in [0.05, 0.1) is 5.56 Å². The van der Waals surface area contributed by atoms with Crippen molar-refractivity contribution in [3.05, 3.63) is 35.1 Å². The first-order chi connectivity index (χ1) is 7.88. The van der Waals surface area contributed by atoms with Gasteiger partial charge in [-0.2, -0.15) is 13.2 Å². The van der Waals surface area contributed by atoms with E-state index >= 15 is 0 Å². The summed E-state index contributed by atoms with van der Waals surface area (Å²) >= 11 is 0. The second kappa shape index (κ2) is 5.46. The van der Waals surface area contributed by atoms with E-state index in [9.17, 15) is 17.6 Å². The molecule has 0 aliphatic carbocycles. The maximum atomic E-state index is 13.6. The summed E-state index contributed by atoms with van der Waals surface area (Å²) < 4.78 is 50.9. The van der Waals surface area contributed by atoms with Crippen LogP contribution in [0, 0.1) is 5.82 Å². The smallest absolute Gasteiger partial charge is 0.396 e. The van der Waals surface area contributed by atoms with Crippen LogP contribution >= 0.6 is 0 Å². The molecule has 1 aromatic rings. The lowest BCUT2D eigenvalue weighted by Gasteiger charge is -2.15. The molecule has 0 spiro atoms. The Morgan fingerprint density at radius 1 is 1.29 bits per heavy atom. The fraction of sp³-hybridized carbons (Fsp3) is 0.455. The van der Waals surface area contributed by atoms with Crippen LogP contribution in [-0.4, -0.2) is 11.7 Å². The molecule has 0 aromatic heterocycles. The molecule has 2 nitrogen and oxygen atoms in total. The molecule has 0 saturated heterocycles. The van der Waals surface area contributed by atoms with E-state index in [2.05, 4.69) is 0 Å². The van der Waals surface area contributed by atoms with Gasteiger partial charge in [-0.3, -0.25) is 0 Å². The topological polar surface area (TPSA) is 46.2 Å². The average molecular weight is 251 g/mol. The van der Waals surface area contributed by atoms with E-state index < -0.39 is 23.6 Å². The lowest BCUT2D eigenvalue weighted by molar-refractivity contribution is -0.140. The van der Waals surface area contributed by atoms with Crippen molar-refractivity contribution in [2.45, 2.75) is 25.1 Å². The van der Waals surface area contributed by atoms with Gasteiger partial charge < -0.3 is 10.8 Å². The van der Waals surface area contributed by atoms with Crippen molar-refractivity contribution < 1.29 is 22.7 Å². The zero-order valence-electron chi connectivity index (χ0n) is 8.97. The lowest BCUT2D eigenvalue weighted by Crippen LogP contribution is -2.16. The molecule has 0 amide bonds. The van der Waals surface area contributed by atoms with E-state index in [1.165, 1.54) is 6.07 Å². The van der Waals surface area contributed by atoms with Crippen molar-refractivity contribution in [3.8, 4) is 0 Å². The van der Waals surface area contributed by atoms with Crippen molar-refractivity contribution in [1.82, 2.24) is 0 Å². The first-order valence-corrected chi connectivity index (χ1v) is 5.10. The van der Waals surface area contributed by atoms with E-state index in [-0.39, 0.29) is 18.6 Å². The van der Waals surface area contributed by atoms with E-state index in [0.717, 1.165) is 6.07 Å². The van der Waals surface area contributed by atoms with Gasteiger partial charge in [0.1, 0.15) is 5.82 Å². The van der Waals surface area contributed by atoms with Crippen LogP contribution in [0.2, 0.25) is 0 Å². The molecular formula is C11H13F4NO. The van der Waals surface area contributed by atoms with Gasteiger partial charge in [0.25, 0.3) is 0 Å². The van der Waals surface area contributed by atoms with Crippen molar-refractivity contribution in [2.24, 2.45) is 5.73 Å². The van der Waals surface area contributed by atoms with Gasteiger partial charge in [0.2, 0.25) is 0 Å². The summed E-state index contributed by atoms with van der Waals surface area (Å²) in [6.07, 6.45) is -4.18. The summed E-state index contributed by atoms with van der Waals surface area (Å²) in [6, 6.07) is 2.19. The highest BCUT2D eigenvalue weighted by atomic mass is 19.4. The highest BCUT2D eigenvalue weighted by Crippen LogP contribution is 2.34. The van der Waals surface area contributed by atoms with Crippen LogP contribution in [0.1, 0.15) is 30.0 Å². The summed E-state index contributed by atoms with van der Waals surface area (Å²) in [6.45, 7) is -0.131. The molecule has 0 heterocycles. The Morgan fingerprint density at radius 2 is 1.94 bits per heavy atom. The van der Waals surface area contributed by atoms with Gasteiger partial charge in [0, 0.05) is 18.2 Å². The zero-order chi connectivity index (χ0) is 13.1. The average Bonchev–Trinajstić information content (AvgIpc) is 2.24. The SMILES string of the molecule is N[C@H](CCCO)c1cccc(C(F)(F)F)c1F. The Morgan fingerprint density at radius 3 is 2.47 bits per heavy atom. The van der Waals surface area contributed by atoms with Crippen molar-refractivity contribution in [3.63, 3.8) is 0 Å². The van der Waals surface area contributed by atoms with E-state index in [1.54, 1.807) is 0 Å². The van der Waals surface area contributed by atoms with Gasteiger partial charge in [0.15, 0.2) is 0 Å². The van der Waals surface area contributed by atoms with E-state index in [0.29, 0.717) is 12.5 Å². The van der Waals surface area contributed by atoms with Crippen molar-refractivity contribution >= 4 is 0 Å². The molecule has 17 heavy (non-hydrogen) atoms. The second-order valence-electron chi connectivity index (χ2n) is 3.68. The molecule has 0 unspecified atom stereocenters. The van der Waals surface area contributed by atoms with Crippen LogP contribution in [0.25, 0.3) is 0 Å². The largest absolute Gasteiger partial charge is 0.419 e. The molecular weight excluding hydrogens is 238 g/mol. The minimum Gasteiger partial charge on any atom is -0.396 e. The second-order valence-corrected chi connectivity index (χ2v) is 3.68. The van der Waals surface area contributed by atoms with E-state index in [4.69, 9.17) is 10.8 Å². The Balaban J connectivity index is 3.02. The molecule has 0 radical (unpaired) electrons. The summed E-state index contributed by atoms with van der Waals surface area (Å²) in [5, 5.41) is 8.59. The van der Waals surface area contributed by atoms with Crippen molar-refractivity contribution in [1.29, 1.82) is 0 Å². The van der Waals surface area contributed by atoms with Crippen LogP contribution in [0.5, 0.6) is 0 Å². The molecule has 0 aliphatic heterocycles. The first-order valence-electron chi connectivity index (χ1n) is 5.10. The van der Waals surface area contributed by atoms with Gasteiger partial charge >= 0.3 is 6.18 Å². The number of aliphatic hydroxyl groups is 1. The third kappa shape index (κ3) is 3.41. The minimum absolute atomic E-state index is 0.131. The minimum atomic E-state index is -4.73. The number of aliphatic hydroxyl groups excluding tert-OH is 1. The van der Waals surface area contributed by atoms with Crippen LogP contribution in [0.3, 0.4) is 0 Å². The molecule has 96 valence electrons. The van der Waals surface area contributed by atoms with Crippen molar-refractivity contribution in [2.75, 3.05) is 6.61 Å². The first kappa shape index (κ1) is 13.9. The Hall–Kier alpha value is -1.14. The Bertz CT molecular complexity index is 378. The highest BCUT2D eigenvalue weighted by Gasteiger charge is 2.35. The van der Waals surface area contributed by atoms with Crippen LogP contribution < -0.4 is 5.73 Å². The predicted octanol–water partition coefficient (Wildman–Crippen LogP) is 2.62. The Kier molecular flexibility index (Phi) is 4.47. The van der Waals surface area contributed by atoms with Crippen LogP contribution in [0.4, 0.5) is 17.6 Å². The maximum Gasteiger partial charge on any atom is 0.419 e. The molecule has 0 saturated carbocycles. The van der Waals surface area contributed by atoms with Gasteiger partial charge in [-0.25, -0.2) is 4.39 Å². The lowest BCUT2D eigenvalue weighted by atomic mass is 9.99. The number of rotatable bonds is 4. The molecule has 1 rings (SSSR count). The fourth-order valence-electron chi connectivity index (χ4n) is 1.52. The summed E-state index contributed by atoms with van der Waals surface area (Å²) in [5.74, 6) is -1.33. The highest BCUT2D eigenvalue weighted by molar-refractivity contribution is 5.30. The number of halogens is 4. The standard InChI is InChI=1S/C11H13F4NO/c12-10-7(9(16)5-2-6-17)3-1-4-8(10)11(13,14)15/h1,3-4,9,17H,2,5-6,16H2/t9-/m1/s1. The number of alkyl halides is 3. The molecule has 0 fully saturated rings. The van der Waals surface area contributed by atoms with Crippen LogP contribution in [0.15, 0.2) is 18.2 Å². The maximum absolute atomic E-state index is 13.6. The summed E-state index contributed by atoms with van der Waals surface area (Å²) in [5.41, 5.74) is 4.09. The molecule has 3 N–H and O–H groups in total. The van der Waals surface area contributed by atoms with Gasteiger partial charge in [-0.1, -0.05) is 12.1 Å². The fourth-order valence-corrected chi connectivity index (χ4v) is 1.52.